The van der Waals surface area contributed by atoms with Crippen molar-refractivity contribution in [3.63, 3.8) is 0 Å². The molecule has 0 aromatic heterocycles. The SMILES string of the molecule is CO[Si](OC)(OC)c1ccc(-c2ccccc2)cc1.Cl[Si](Cl)(Cl)c1ccc(-c2ccccc2)cc1.[Cl][Bi]([Cl])[Cl]. The first-order chi connectivity index (χ1) is 18.6. The third kappa shape index (κ3) is 11.5. The Balaban J connectivity index is 0.000000243. The molecule has 0 aliphatic heterocycles. The van der Waals surface area contributed by atoms with Crippen molar-refractivity contribution >= 4 is 102 Å². The van der Waals surface area contributed by atoms with Gasteiger partial charge < -0.3 is 13.3 Å². The normalized spacial score (nSPS) is 11.2. The molecule has 3 nitrogen and oxygen atoms in total. The van der Waals surface area contributed by atoms with Crippen molar-refractivity contribution in [2.45, 2.75) is 0 Å². The van der Waals surface area contributed by atoms with Crippen molar-refractivity contribution in [1.29, 1.82) is 0 Å². The van der Waals surface area contributed by atoms with Gasteiger partial charge in [-0.2, -0.15) is 0 Å². The summed E-state index contributed by atoms with van der Waals surface area (Å²) in [7, 11) is 17.2. The average molecular weight is 877 g/mol. The molecule has 0 aliphatic carbocycles. The van der Waals surface area contributed by atoms with Crippen LogP contribution in [0.1, 0.15) is 0 Å². The molecule has 0 saturated carbocycles. The summed E-state index contributed by atoms with van der Waals surface area (Å²) in [5.74, 6) is 0. The molecule has 0 saturated heterocycles. The second kappa shape index (κ2) is 17.7. The summed E-state index contributed by atoms with van der Waals surface area (Å²) in [6.45, 7) is 0. The molecule has 0 N–H and O–H groups in total. The number of benzene rings is 4. The van der Waals surface area contributed by atoms with Gasteiger partial charge in [-0.3, -0.25) is 0 Å². The van der Waals surface area contributed by atoms with E-state index in [4.69, 9.17) is 72.1 Å². The molecular formula is C27H27BiCl6O3Si2. The fourth-order valence-electron chi connectivity index (χ4n) is 3.58. The van der Waals surface area contributed by atoms with Gasteiger partial charge in [-0.1, -0.05) is 109 Å². The first-order valence-electron chi connectivity index (χ1n) is 11.4. The number of hydrogen-bond acceptors (Lipinski definition) is 3. The number of hydrogen-bond donors (Lipinski definition) is 0. The van der Waals surface area contributed by atoms with E-state index < -0.39 is 33.0 Å². The van der Waals surface area contributed by atoms with Crippen LogP contribution in [-0.2, 0) is 13.3 Å². The van der Waals surface area contributed by atoms with E-state index >= 15 is 0 Å². The summed E-state index contributed by atoms with van der Waals surface area (Å²) in [6.07, 6.45) is 0. The van der Waals surface area contributed by atoms with Gasteiger partial charge in [0.25, 0.3) is 0 Å². The molecule has 4 aromatic rings. The summed E-state index contributed by atoms with van der Waals surface area (Å²) in [6, 6.07) is 33.5. The van der Waals surface area contributed by atoms with Gasteiger partial charge in [-0.25, -0.2) is 0 Å². The second-order valence-electron chi connectivity index (χ2n) is 7.74. The van der Waals surface area contributed by atoms with E-state index in [1.807, 2.05) is 72.8 Å². The van der Waals surface area contributed by atoms with Crippen LogP contribution in [-0.4, -0.2) is 54.3 Å². The van der Waals surface area contributed by atoms with Crippen LogP contribution in [0.2, 0.25) is 0 Å². The van der Waals surface area contributed by atoms with Crippen LogP contribution in [0, 0.1) is 0 Å². The summed E-state index contributed by atoms with van der Waals surface area (Å²) in [4.78, 5) is 0. The molecule has 0 aliphatic rings. The quantitative estimate of drug-likeness (QED) is 0.138. The molecule has 0 unspecified atom stereocenters. The summed E-state index contributed by atoms with van der Waals surface area (Å²) >= 11 is 15.6. The Labute approximate surface area is 265 Å². The molecule has 0 atom stereocenters. The fraction of sp³-hybridized carbons (Fsp3) is 0.111. The molecule has 4 aromatic carbocycles. The standard InChI is InChI=1S/C15H18O3Si.C12H9Cl3Si.Bi.3ClH/c1-16-19(17-2,18-3)15-11-9-14(10-12-15)13-7-5-4-6-8-13;13-16(14,15)12-8-6-11(7-9-12)10-4-2-1-3-5-10;;;;/h4-12H,1-3H3;1-9H;;3*1H/q;;+3;;;/p-3. The molecule has 0 heterocycles. The van der Waals surface area contributed by atoms with Crippen molar-refractivity contribution in [1.82, 2.24) is 0 Å². The molecule has 39 heavy (non-hydrogen) atoms. The van der Waals surface area contributed by atoms with E-state index in [1.165, 1.54) is 11.1 Å². The maximum atomic E-state index is 5.93. The number of halogens is 6. The first-order valence-corrected chi connectivity index (χ1v) is 31.0. The van der Waals surface area contributed by atoms with Gasteiger partial charge in [0.05, 0.1) is 0 Å². The van der Waals surface area contributed by atoms with Crippen LogP contribution in [0.5, 0.6) is 0 Å². The first kappa shape index (κ1) is 35.0. The zero-order valence-electron chi connectivity index (χ0n) is 21.3. The maximum absolute atomic E-state index is 5.93. The molecule has 208 valence electrons. The van der Waals surface area contributed by atoms with Gasteiger partial charge in [0.15, 0.2) is 0 Å². The van der Waals surface area contributed by atoms with Crippen LogP contribution in [0.15, 0.2) is 109 Å². The molecule has 4 rings (SSSR count). The zero-order chi connectivity index (χ0) is 28.9. The van der Waals surface area contributed by atoms with Crippen LogP contribution in [0.25, 0.3) is 22.3 Å². The van der Waals surface area contributed by atoms with Crippen LogP contribution >= 0.6 is 58.8 Å². The van der Waals surface area contributed by atoms with Gasteiger partial charge in [0, 0.05) is 26.5 Å². The molecule has 0 amide bonds. The Hall–Kier alpha value is -0.183. The van der Waals surface area contributed by atoms with Gasteiger partial charge in [-0.05, 0) is 27.4 Å². The van der Waals surface area contributed by atoms with Gasteiger partial charge in [0.1, 0.15) is 0 Å². The fourth-order valence-corrected chi connectivity index (χ4v) is 7.04. The Morgan fingerprint density at radius 3 is 1.03 bits per heavy atom. The van der Waals surface area contributed by atoms with Crippen LogP contribution in [0.3, 0.4) is 0 Å². The molecular weight excluding hydrogens is 850 g/mol. The minimum atomic E-state index is -2.74. The molecule has 0 fully saturated rings. The summed E-state index contributed by atoms with van der Waals surface area (Å²) in [5.41, 5.74) is 4.65. The van der Waals surface area contributed by atoms with E-state index in [-0.39, 0.29) is 0 Å². The van der Waals surface area contributed by atoms with E-state index in [0.29, 0.717) is 0 Å². The van der Waals surface area contributed by atoms with Crippen molar-refractivity contribution in [2.24, 2.45) is 0 Å². The molecule has 12 heteroatoms. The molecule has 0 bridgehead atoms. The number of rotatable bonds is 7. The molecule has 0 radical (unpaired) electrons. The van der Waals surface area contributed by atoms with E-state index in [1.54, 1.807) is 21.3 Å². The Morgan fingerprint density at radius 1 is 0.462 bits per heavy atom. The third-order valence-corrected chi connectivity index (χ3v) is 11.1. The zero-order valence-corrected chi connectivity index (χ0v) is 31.3. The summed E-state index contributed by atoms with van der Waals surface area (Å²) in [5, 5.41) is 1.77. The predicted molar refractivity (Wildman–Crippen MR) is 176 cm³/mol. The average Bonchev–Trinajstić information content (AvgIpc) is 2.95. The van der Waals surface area contributed by atoms with Crippen molar-refractivity contribution in [3.05, 3.63) is 109 Å². The predicted octanol–water partition coefficient (Wildman–Crippen LogP) is 8.34. The van der Waals surface area contributed by atoms with Crippen molar-refractivity contribution in [3.8, 4) is 22.3 Å². The van der Waals surface area contributed by atoms with E-state index in [0.717, 1.165) is 21.5 Å². The van der Waals surface area contributed by atoms with Gasteiger partial charge in [0.2, 0.25) is 0 Å². The van der Waals surface area contributed by atoms with E-state index in [2.05, 4.69) is 36.4 Å². The Kier molecular flexibility index (Phi) is 15.9. The van der Waals surface area contributed by atoms with Crippen LogP contribution < -0.4 is 10.4 Å². The van der Waals surface area contributed by atoms with Crippen LogP contribution in [0.4, 0.5) is 0 Å². The Bertz CT molecular complexity index is 1220. The monoisotopic (exact) mass is 874 g/mol. The second-order valence-corrected chi connectivity index (χ2v) is 34.0. The van der Waals surface area contributed by atoms with Crippen molar-refractivity contribution < 1.29 is 13.3 Å². The minimum absolute atomic E-state index is 0.817. The topological polar surface area (TPSA) is 27.7 Å². The Morgan fingerprint density at radius 2 is 0.744 bits per heavy atom. The van der Waals surface area contributed by atoms with Gasteiger partial charge in [-0.15, -0.1) is 33.2 Å². The van der Waals surface area contributed by atoms with E-state index in [9.17, 15) is 0 Å². The summed E-state index contributed by atoms with van der Waals surface area (Å²) < 4.78 is 16.4. The molecule has 0 spiro atoms. The van der Waals surface area contributed by atoms with Gasteiger partial charge >= 0.3 is 58.5 Å². The van der Waals surface area contributed by atoms with Crippen molar-refractivity contribution in [2.75, 3.05) is 21.3 Å². The third-order valence-electron chi connectivity index (χ3n) is 5.47.